The minimum absolute atomic E-state index is 0.00165. The third kappa shape index (κ3) is 3.45. The van der Waals surface area contributed by atoms with Gasteiger partial charge >= 0.3 is 0 Å². The van der Waals surface area contributed by atoms with E-state index in [0.717, 1.165) is 23.1 Å². The number of nitrogens with zero attached hydrogens (tertiary/aromatic N) is 3. The van der Waals surface area contributed by atoms with E-state index < -0.39 is 10.0 Å². The van der Waals surface area contributed by atoms with E-state index >= 15 is 0 Å². The average Bonchev–Trinajstić information content (AvgIpc) is 3.09. The Morgan fingerprint density at radius 2 is 2.07 bits per heavy atom. The van der Waals surface area contributed by atoms with Crippen LogP contribution in [0.3, 0.4) is 0 Å². The number of rotatable bonds is 4. The van der Waals surface area contributed by atoms with Gasteiger partial charge in [0, 0.05) is 26.2 Å². The summed E-state index contributed by atoms with van der Waals surface area (Å²) >= 11 is 0. The summed E-state index contributed by atoms with van der Waals surface area (Å²) in [5.74, 6) is 0.619. The number of carbonyl (C=O) groups excluding carboxylic acids is 1. The van der Waals surface area contributed by atoms with Gasteiger partial charge in [-0.3, -0.25) is 4.79 Å². The lowest BCUT2D eigenvalue weighted by atomic mass is 10.00. The van der Waals surface area contributed by atoms with Crippen molar-refractivity contribution in [2.45, 2.75) is 31.3 Å². The third-order valence-corrected chi connectivity index (χ3v) is 6.28. The smallest absolute Gasteiger partial charge is 0.240 e. The van der Waals surface area contributed by atoms with Gasteiger partial charge in [0.15, 0.2) is 0 Å². The number of amides is 1. The minimum atomic E-state index is -3.68. The quantitative estimate of drug-likeness (QED) is 0.742. The van der Waals surface area contributed by atoms with Crippen LogP contribution in [0, 0.1) is 0 Å². The Morgan fingerprint density at radius 1 is 1.22 bits per heavy atom. The van der Waals surface area contributed by atoms with Crippen molar-refractivity contribution in [1.29, 1.82) is 0 Å². The van der Waals surface area contributed by atoms with Crippen molar-refractivity contribution in [3.8, 4) is 0 Å². The molecule has 1 aliphatic heterocycles. The van der Waals surface area contributed by atoms with Crippen LogP contribution in [0.1, 0.15) is 23.9 Å². The topological polar surface area (TPSA) is 83.8 Å². The van der Waals surface area contributed by atoms with Crippen molar-refractivity contribution in [2.24, 2.45) is 0 Å². The Labute approximate surface area is 157 Å². The van der Waals surface area contributed by atoms with E-state index in [-0.39, 0.29) is 17.3 Å². The maximum absolute atomic E-state index is 12.7. The zero-order valence-corrected chi connectivity index (χ0v) is 15.7. The Balaban J connectivity index is 1.55. The average molecular weight is 384 g/mol. The van der Waals surface area contributed by atoms with Gasteiger partial charge in [-0.1, -0.05) is 12.1 Å². The second-order valence-electron chi connectivity index (χ2n) is 6.62. The molecule has 0 saturated carbocycles. The Hall–Kier alpha value is -2.71. The lowest BCUT2D eigenvalue weighted by molar-refractivity contribution is -0.129. The summed E-state index contributed by atoms with van der Waals surface area (Å²) in [5, 5.41) is 0. The molecule has 0 aliphatic carbocycles. The molecule has 0 unspecified atom stereocenters. The third-order valence-electron chi connectivity index (χ3n) is 4.88. The van der Waals surface area contributed by atoms with E-state index in [9.17, 15) is 13.2 Å². The number of imidazole rings is 1. The largest absolute Gasteiger partial charge is 0.338 e. The fraction of sp³-hybridized carbons (Fsp3) is 0.263. The summed E-state index contributed by atoms with van der Waals surface area (Å²) in [5.41, 5.74) is 2.88. The predicted octanol–water partition coefficient (Wildman–Crippen LogP) is 1.72. The lowest BCUT2D eigenvalue weighted by Crippen LogP contribution is -2.34. The van der Waals surface area contributed by atoms with Crippen molar-refractivity contribution in [2.75, 3.05) is 6.54 Å². The highest BCUT2D eigenvalue weighted by molar-refractivity contribution is 7.89. The van der Waals surface area contributed by atoms with E-state index in [1.807, 2.05) is 34.9 Å². The van der Waals surface area contributed by atoms with E-state index in [1.54, 1.807) is 23.2 Å². The first-order valence-electron chi connectivity index (χ1n) is 8.72. The highest BCUT2D eigenvalue weighted by Crippen LogP contribution is 2.23. The van der Waals surface area contributed by atoms with Crippen LogP contribution in [-0.4, -0.2) is 35.2 Å². The molecular formula is C19H20N4O3S. The van der Waals surface area contributed by atoms with E-state index in [0.29, 0.717) is 18.9 Å². The molecule has 1 N–H and O–H groups in total. The van der Waals surface area contributed by atoms with Gasteiger partial charge in [-0.25, -0.2) is 18.1 Å². The number of hydrogen-bond acceptors (Lipinski definition) is 4. The van der Waals surface area contributed by atoms with Gasteiger partial charge in [0.25, 0.3) is 0 Å². The molecule has 1 aromatic carbocycles. The molecule has 7 nitrogen and oxygen atoms in total. The molecule has 140 valence electrons. The number of aromatic nitrogens is 2. The molecule has 3 heterocycles. The maximum Gasteiger partial charge on any atom is 0.240 e. The number of carbonyl (C=O) groups is 1. The Morgan fingerprint density at radius 3 is 2.89 bits per heavy atom. The summed E-state index contributed by atoms with van der Waals surface area (Å²) in [6, 6.07) is 10.8. The molecule has 3 aromatic rings. The van der Waals surface area contributed by atoms with Gasteiger partial charge in [-0.15, -0.1) is 0 Å². The number of sulfonamides is 1. The molecule has 27 heavy (non-hydrogen) atoms. The monoisotopic (exact) mass is 384 g/mol. The van der Waals surface area contributed by atoms with Crippen LogP contribution < -0.4 is 4.72 Å². The summed E-state index contributed by atoms with van der Waals surface area (Å²) in [6.45, 7) is 2.73. The van der Waals surface area contributed by atoms with Crippen LogP contribution in [0.25, 0.3) is 5.52 Å². The molecule has 8 heteroatoms. The SMILES string of the molecule is CC(=O)N1CCc2ccc(S(=O)(=O)NCc3ncc4ccccn34)cc2C1. The molecule has 0 atom stereocenters. The van der Waals surface area contributed by atoms with Gasteiger partial charge in [0.05, 0.1) is 23.2 Å². The van der Waals surface area contributed by atoms with Crippen molar-refractivity contribution in [3.05, 3.63) is 65.7 Å². The van der Waals surface area contributed by atoms with Gasteiger partial charge in [-0.05, 0) is 41.8 Å². The summed E-state index contributed by atoms with van der Waals surface area (Å²) in [7, 11) is -3.68. The second-order valence-corrected chi connectivity index (χ2v) is 8.38. The minimum Gasteiger partial charge on any atom is -0.338 e. The van der Waals surface area contributed by atoms with Crippen molar-refractivity contribution in [1.82, 2.24) is 19.0 Å². The zero-order valence-electron chi connectivity index (χ0n) is 14.9. The van der Waals surface area contributed by atoms with E-state index in [4.69, 9.17) is 0 Å². The summed E-state index contributed by atoms with van der Waals surface area (Å²) in [6.07, 6.45) is 4.29. The maximum atomic E-state index is 12.7. The normalized spacial score (nSPS) is 14.3. The highest BCUT2D eigenvalue weighted by atomic mass is 32.2. The first kappa shape index (κ1) is 17.7. The van der Waals surface area contributed by atoms with Crippen LogP contribution in [0.2, 0.25) is 0 Å². The molecule has 0 spiro atoms. The number of nitrogens with one attached hydrogen (secondary N) is 1. The Bertz CT molecular complexity index is 1120. The first-order chi connectivity index (χ1) is 12.9. The number of fused-ring (bicyclic) bond motifs is 2. The molecule has 0 bridgehead atoms. The molecule has 2 aromatic heterocycles. The van der Waals surface area contributed by atoms with E-state index in [2.05, 4.69) is 9.71 Å². The van der Waals surface area contributed by atoms with Gasteiger partial charge in [0.1, 0.15) is 5.82 Å². The molecular weight excluding hydrogens is 364 g/mol. The lowest BCUT2D eigenvalue weighted by Gasteiger charge is -2.28. The molecule has 4 rings (SSSR count). The van der Waals surface area contributed by atoms with Gasteiger partial charge in [0.2, 0.25) is 15.9 Å². The van der Waals surface area contributed by atoms with Crippen LogP contribution in [0.4, 0.5) is 0 Å². The standard InChI is InChI=1S/C19H20N4O3S/c1-14(24)22-9-7-15-5-6-18(10-16(15)13-22)27(25,26)21-12-19-20-11-17-4-2-3-8-23(17)19/h2-6,8,10-11,21H,7,9,12-13H2,1H3. The van der Waals surface area contributed by atoms with Crippen LogP contribution >= 0.6 is 0 Å². The van der Waals surface area contributed by atoms with Crippen molar-refractivity contribution in [3.63, 3.8) is 0 Å². The number of pyridine rings is 1. The molecule has 1 aliphatic rings. The molecule has 0 radical (unpaired) electrons. The van der Waals surface area contributed by atoms with Crippen LogP contribution in [-0.2, 0) is 34.3 Å². The molecule has 0 fully saturated rings. The predicted molar refractivity (Wildman–Crippen MR) is 100 cm³/mol. The van der Waals surface area contributed by atoms with Gasteiger partial charge in [-0.2, -0.15) is 0 Å². The molecule has 0 saturated heterocycles. The molecule has 1 amide bonds. The highest BCUT2D eigenvalue weighted by Gasteiger charge is 2.22. The van der Waals surface area contributed by atoms with Crippen LogP contribution in [0.15, 0.2) is 53.7 Å². The second kappa shape index (κ2) is 6.79. The number of benzene rings is 1. The van der Waals surface area contributed by atoms with Crippen molar-refractivity contribution < 1.29 is 13.2 Å². The van der Waals surface area contributed by atoms with Crippen LogP contribution in [0.5, 0.6) is 0 Å². The summed E-state index contributed by atoms with van der Waals surface area (Å²) < 4.78 is 29.9. The van der Waals surface area contributed by atoms with Gasteiger partial charge < -0.3 is 9.30 Å². The summed E-state index contributed by atoms with van der Waals surface area (Å²) in [4.78, 5) is 17.8. The fourth-order valence-electron chi connectivity index (χ4n) is 3.34. The first-order valence-corrected chi connectivity index (χ1v) is 10.2. The van der Waals surface area contributed by atoms with Crippen molar-refractivity contribution >= 4 is 21.4 Å². The fourth-order valence-corrected chi connectivity index (χ4v) is 4.37. The van der Waals surface area contributed by atoms with E-state index in [1.165, 1.54) is 6.92 Å². The number of hydrogen-bond donors (Lipinski definition) is 1. The zero-order chi connectivity index (χ0) is 19.0. The Kier molecular flexibility index (Phi) is 4.45.